The first-order valence-electron chi connectivity index (χ1n) is 5.34. The summed E-state index contributed by atoms with van der Waals surface area (Å²) in [5.41, 5.74) is 0.0176. The highest BCUT2D eigenvalue weighted by Crippen LogP contribution is 2.32. The van der Waals surface area contributed by atoms with E-state index in [1.165, 1.54) is 32.4 Å². The number of methoxy groups -OCH3 is 2. The van der Waals surface area contributed by atoms with Gasteiger partial charge in [0.15, 0.2) is 11.5 Å². The summed E-state index contributed by atoms with van der Waals surface area (Å²) in [6.45, 7) is -0.603. The fourth-order valence-electron chi connectivity index (χ4n) is 1.36. The molecule has 7 heteroatoms. The Labute approximate surface area is 108 Å². The SMILES string of the molecule is COC(=O)c1cccc(OC)c1OCCC(F)(F)F. The van der Waals surface area contributed by atoms with Gasteiger partial charge in [-0.25, -0.2) is 4.79 Å². The molecule has 0 saturated heterocycles. The van der Waals surface area contributed by atoms with Gasteiger partial charge in [0.1, 0.15) is 5.56 Å². The molecule has 0 radical (unpaired) electrons. The van der Waals surface area contributed by atoms with Crippen molar-refractivity contribution in [3.8, 4) is 11.5 Å². The number of esters is 1. The summed E-state index contributed by atoms with van der Waals surface area (Å²) in [5, 5.41) is 0. The predicted octanol–water partition coefficient (Wildman–Crippen LogP) is 2.81. The number of carbonyl (C=O) groups is 1. The lowest BCUT2D eigenvalue weighted by atomic mass is 10.2. The van der Waals surface area contributed by atoms with Crippen molar-refractivity contribution in [2.45, 2.75) is 12.6 Å². The van der Waals surface area contributed by atoms with Crippen LogP contribution in [-0.4, -0.2) is 33.0 Å². The van der Waals surface area contributed by atoms with E-state index in [-0.39, 0.29) is 17.1 Å². The maximum atomic E-state index is 12.1. The summed E-state index contributed by atoms with van der Waals surface area (Å²) in [6.07, 6.45) is -5.45. The third kappa shape index (κ3) is 4.35. The van der Waals surface area contributed by atoms with Gasteiger partial charge in [0, 0.05) is 0 Å². The van der Waals surface area contributed by atoms with Crippen LogP contribution in [0, 0.1) is 0 Å². The molecule has 1 rings (SSSR count). The van der Waals surface area contributed by atoms with Crippen LogP contribution in [0.1, 0.15) is 16.8 Å². The summed E-state index contributed by atoms with van der Waals surface area (Å²) in [7, 11) is 2.49. The number of rotatable bonds is 5. The van der Waals surface area contributed by atoms with Crippen molar-refractivity contribution in [2.24, 2.45) is 0 Å². The van der Waals surface area contributed by atoms with E-state index in [1.54, 1.807) is 0 Å². The van der Waals surface area contributed by atoms with E-state index in [9.17, 15) is 18.0 Å². The average molecular weight is 278 g/mol. The number of hydrogen-bond acceptors (Lipinski definition) is 4. The number of hydrogen-bond donors (Lipinski definition) is 0. The van der Waals surface area contributed by atoms with Gasteiger partial charge in [0.25, 0.3) is 0 Å². The van der Waals surface area contributed by atoms with Crippen LogP contribution < -0.4 is 9.47 Å². The molecule has 0 fully saturated rings. The molecular weight excluding hydrogens is 265 g/mol. The van der Waals surface area contributed by atoms with Crippen LogP contribution in [0.3, 0.4) is 0 Å². The third-order valence-electron chi connectivity index (χ3n) is 2.24. The Bertz CT molecular complexity index is 443. The van der Waals surface area contributed by atoms with Gasteiger partial charge in [0.05, 0.1) is 27.2 Å². The largest absolute Gasteiger partial charge is 0.493 e. The molecule has 0 atom stereocenters. The van der Waals surface area contributed by atoms with Gasteiger partial charge in [-0.2, -0.15) is 13.2 Å². The zero-order valence-corrected chi connectivity index (χ0v) is 10.4. The molecule has 0 saturated carbocycles. The minimum atomic E-state index is -4.33. The molecule has 19 heavy (non-hydrogen) atoms. The fourth-order valence-corrected chi connectivity index (χ4v) is 1.36. The normalized spacial score (nSPS) is 11.0. The maximum Gasteiger partial charge on any atom is 0.392 e. The smallest absolute Gasteiger partial charge is 0.392 e. The van der Waals surface area contributed by atoms with E-state index in [4.69, 9.17) is 9.47 Å². The maximum absolute atomic E-state index is 12.1. The third-order valence-corrected chi connectivity index (χ3v) is 2.24. The molecule has 0 aromatic heterocycles. The highest BCUT2D eigenvalue weighted by molar-refractivity contribution is 5.93. The Balaban J connectivity index is 2.92. The van der Waals surface area contributed by atoms with Crippen molar-refractivity contribution < 1.29 is 32.2 Å². The second-order valence-corrected chi connectivity index (χ2v) is 3.54. The van der Waals surface area contributed by atoms with Crippen molar-refractivity contribution in [1.29, 1.82) is 0 Å². The molecule has 0 unspecified atom stereocenters. The van der Waals surface area contributed by atoms with Crippen LogP contribution in [-0.2, 0) is 4.74 Å². The van der Waals surface area contributed by atoms with Crippen molar-refractivity contribution in [3.05, 3.63) is 23.8 Å². The Morgan fingerprint density at radius 3 is 2.47 bits per heavy atom. The molecule has 0 N–H and O–H groups in total. The Morgan fingerprint density at radius 1 is 1.26 bits per heavy atom. The standard InChI is InChI=1S/C12H13F3O4/c1-17-9-5-3-4-8(11(16)18-2)10(9)19-7-6-12(13,14)15/h3-5H,6-7H2,1-2H3. The van der Waals surface area contributed by atoms with Gasteiger partial charge in [0.2, 0.25) is 0 Å². The second-order valence-electron chi connectivity index (χ2n) is 3.54. The number of benzene rings is 1. The minimum absolute atomic E-state index is 0.0176. The van der Waals surface area contributed by atoms with Crippen molar-refractivity contribution in [3.63, 3.8) is 0 Å². The van der Waals surface area contributed by atoms with E-state index in [1.807, 2.05) is 0 Å². The van der Waals surface area contributed by atoms with Crippen LogP contribution >= 0.6 is 0 Å². The van der Waals surface area contributed by atoms with Crippen molar-refractivity contribution in [2.75, 3.05) is 20.8 Å². The van der Waals surface area contributed by atoms with Gasteiger partial charge in [-0.3, -0.25) is 0 Å². The van der Waals surface area contributed by atoms with Crippen LogP contribution in [0.2, 0.25) is 0 Å². The molecule has 4 nitrogen and oxygen atoms in total. The summed E-state index contributed by atoms with van der Waals surface area (Å²) in [5.74, 6) is -0.591. The van der Waals surface area contributed by atoms with Crippen molar-refractivity contribution >= 4 is 5.97 Å². The number of carbonyl (C=O) groups excluding carboxylic acids is 1. The lowest BCUT2D eigenvalue weighted by Crippen LogP contribution is -2.15. The molecule has 0 aliphatic rings. The number of para-hydroxylation sites is 1. The zero-order chi connectivity index (χ0) is 14.5. The van der Waals surface area contributed by atoms with Gasteiger partial charge in [-0.05, 0) is 12.1 Å². The van der Waals surface area contributed by atoms with E-state index >= 15 is 0 Å². The first-order chi connectivity index (χ1) is 8.89. The fraction of sp³-hybridized carbons (Fsp3) is 0.417. The lowest BCUT2D eigenvalue weighted by Gasteiger charge is -2.14. The molecule has 0 aliphatic carbocycles. The minimum Gasteiger partial charge on any atom is -0.493 e. The average Bonchev–Trinajstić information content (AvgIpc) is 2.36. The Morgan fingerprint density at radius 2 is 1.95 bits per heavy atom. The zero-order valence-electron chi connectivity index (χ0n) is 10.4. The van der Waals surface area contributed by atoms with Crippen molar-refractivity contribution in [1.82, 2.24) is 0 Å². The molecule has 0 amide bonds. The van der Waals surface area contributed by atoms with E-state index in [0.29, 0.717) is 0 Å². The monoisotopic (exact) mass is 278 g/mol. The second kappa shape index (κ2) is 6.31. The number of alkyl halides is 3. The van der Waals surface area contributed by atoms with E-state index in [2.05, 4.69) is 4.74 Å². The molecule has 106 valence electrons. The van der Waals surface area contributed by atoms with Crippen LogP contribution in [0.4, 0.5) is 13.2 Å². The van der Waals surface area contributed by atoms with Gasteiger partial charge >= 0.3 is 12.1 Å². The Kier molecular flexibility index (Phi) is 5.02. The van der Waals surface area contributed by atoms with Gasteiger partial charge in [-0.15, -0.1) is 0 Å². The highest BCUT2D eigenvalue weighted by atomic mass is 19.4. The lowest BCUT2D eigenvalue weighted by molar-refractivity contribution is -0.139. The van der Waals surface area contributed by atoms with Gasteiger partial charge < -0.3 is 14.2 Å². The predicted molar refractivity (Wildman–Crippen MR) is 60.5 cm³/mol. The van der Waals surface area contributed by atoms with E-state index in [0.717, 1.165) is 0 Å². The topological polar surface area (TPSA) is 44.8 Å². The first kappa shape index (κ1) is 15.1. The Hall–Kier alpha value is -1.92. The van der Waals surface area contributed by atoms with Gasteiger partial charge in [-0.1, -0.05) is 6.07 Å². The number of halogens is 3. The molecule has 0 spiro atoms. The number of ether oxygens (including phenoxy) is 3. The first-order valence-corrected chi connectivity index (χ1v) is 5.34. The summed E-state index contributed by atoms with van der Waals surface area (Å²) < 4.78 is 50.7. The summed E-state index contributed by atoms with van der Waals surface area (Å²) in [4.78, 5) is 11.5. The molecule has 0 aliphatic heterocycles. The molecule has 1 aromatic carbocycles. The summed E-state index contributed by atoms with van der Waals surface area (Å²) >= 11 is 0. The molecule has 0 heterocycles. The highest BCUT2D eigenvalue weighted by Gasteiger charge is 2.27. The quantitative estimate of drug-likeness (QED) is 0.777. The van der Waals surface area contributed by atoms with Crippen LogP contribution in [0.25, 0.3) is 0 Å². The summed E-state index contributed by atoms with van der Waals surface area (Å²) in [6, 6.07) is 4.38. The molecule has 1 aromatic rings. The van der Waals surface area contributed by atoms with E-state index < -0.39 is 25.2 Å². The molecular formula is C12H13F3O4. The van der Waals surface area contributed by atoms with Crippen LogP contribution in [0.15, 0.2) is 18.2 Å². The van der Waals surface area contributed by atoms with Crippen LogP contribution in [0.5, 0.6) is 11.5 Å². The molecule has 0 bridgehead atoms.